The second kappa shape index (κ2) is 7.48. The van der Waals surface area contributed by atoms with Crippen molar-refractivity contribution in [3.63, 3.8) is 0 Å². The lowest BCUT2D eigenvalue weighted by atomic mass is 9.87. The van der Waals surface area contributed by atoms with Crippen molar-refractivity contribution in [3.8, 4) is 0 Å². The van der Waals surface area contributed by atoms with Crippen LogP contribution in [0.2, 0.25) is 0 Å². The number of rotatable bonds is 5. The Labute approximate surface area is 150 Å². The molecule has 2 atom stereocenters. The van der Waals surface area contributed by atoms with E-state index in [1.165, 1.54) is 38.6 Å². The first-order chi connectivity index (χ1) is 12.2. The predicted octanol–water partition coefficient (Wildman–Crippen LogP) is 3.72. The van der Waals surface area contributed by atoms with Crippen LogP contribution in [0.5, 0.6) is 0 Å². The van der Waals surface area contributed by atoms with Crippen molar-refractivity contribution >= 4 is 5.91 Å². The minimum Gasteiger partial charge on any atom is -0.360 e. The van der Waals surface area contributed by atoms with E-state index in [0.717, 1.165) is 43.9 Å². The van der Waals surface area contributed by atoms with Crippen LogP contribution in [0.1, 0.15) is 86.9 Å². The van der Waals surface area contributed by atoms with Gasteiger partial charge in [-0.05, 0) is 51.4 Å². The van der Waals surface area contributed by atoms with E-state index in [4.69, 9.17) is 4.52 Å². The molecule has 138 valence electrons. The maximum atomic E-state index is 12.4. The van der Waals surface area contributed by atoms with E-state index >= 15 is 0 Å². The summed E-state index contributed by atoms with van der Waals surface area (Å²) < 4.78 is 5.30. The number of aromatic nitrogens is 1. The third-order valence-electron chi connectivity index (χ3n) is 6.31. The van der Waals surface area contributed by atoms with Crippen LogP contribution in [0.15, 0.2) is 10.6 Å². The van der Waals surface area contributed by atoms with Crippen LogP contribution in [0.25, 0.3) is 0 Å². The summed E-state index contributed by atoms with van der Waals surface area (Å²) in [5.74, 6) is 2.19. The van der Waals surface area contributed by atoms with Gasteiger partial charge in [0.1, 0.15) is 5.76 Å². The van der Waals surface area contributed by atoms with Gasteiger partial charge < -0.3 is 14.7 Å². The number of nitrogens with zero attached hydrogens (tertiary/aromatic N) is 2. The highest BCUT2D eigenvalue weighted by molar-refractivity contribution is 5.92. The largest absolute Gasteiger partial charge is 0.360 e. The Kier molecular flexibility index (Phi) is 5.11. The quantitative estimate of drug-likeness (QED) is 0.884. The predicted molar refractivity (Wildman–Crippen MR) is 96.6 cm³/mol. The van der Waals surface area contributed by atoms with Gasteiger partial charge in [0.2, 0.25) is 0 Å². The summed E-state index contributed by atoms with van der Waals surface area (Å²) in [5.41, 5.74) is 0.444. The minimum atomic E-state index is -0.0754. The number of piperidine rings is 1. The Bertz CT molecular complexity index is 590. The van der Waals surface area contributed by atoms with Crippen LogP contribution in [0.4, 0.5) is 0 Å². The van der Waals surface area contributed by atoms with Crippen LogP contribution in [-0.2, 0) is 0 Å². The maximum Gasteiger partial charge on any atom is 0.273 e. The van der Waals surface area contributed by atoms with Gasteiger partial charge in [-0.25, -0.2) is 0 Å². The molecule has 3 aliphatic rings. The van der Waals surface area contributed by atoms with E-state index in [0.29, 0.717) is 17.7 Å². The third-order valence-corrected chi connectivity index (χ3v) is 6.31. The number of nitrogens with one attached hydrogen (secondary N) is 1. The smallest absolute Gasteiger partial charge is 0.273 e. The van der Waals surface area contributed by atoms with Crippen molar-refractivity contribution in [2.75, 3.05) is 13.1 Å². The second-order valence-electron chi connectivity index (χ2n) is 8.43. The van der Waals surface area contributed by atoms with Gasteiger partial charge in [0.25, 0.3) is 5.91 Å². The Balaban J connectivity index is 1.25. The summed E-state index contributed by atoms with van der Waals surface area (Å²) in [4.78, 5) is 15.1. The fourth-order valence-electron chi connectivity index (χ4n) is 4.54. The molecule has 25 heavy (non-hydrogen) atoms. The van der Waals surface area contributed by atoms with Crippen LogP contribution in [0.3, 0.4) is 0 Å². The van der Waals surface area contributed by atoms with E-state index in [9.17, 15) is 4.79 Å². The number of amides is 1. The van der Waals surface area contributed by atoms with Gasteiger partial charge in [-0.1, -0.05) is 24.4 Å². The number of hydrogen-bond acceptors (Lipinski definition) is 4. The molecule has 0 bridgehead atoms. The van der Waals surface area contributed by atoms with Gasteiger partial charge >= 0.3 is 0 Å². The highest BCUT2D eigenvalue weighted by Crippen LogP contribution is 2.40. The van der Waals surface area contributed by atoms with Crippen molar-refractivity contribution < 1.29 is 9.32 Å². The first kappa shape index (κ1) is 17.1. The van der Waals surface area contributed by atoms with E-state index in [-0.39, 0.29) is 11.9 Å². The molecule has 1 aliphatic heterocycles. The van der Waals surface area contributed by atoms with Crippen molar-refractivity contribution in [2.24, 2.45) is 5.92 Å². The van der Waals surface area contributed by atoms with Gasteiger partial charge in [-0.2, -0.15) is 0 Å². The van der Waals surface area contributed by atoms with Gasteiger partial charge in [-0.3, -0.25) is 4.79 Å². The van der Waals surface area contributed by atoms with E-state index in [1.54, 1.807) is 0 Å². The lowest BCUT2D eigenvalue weighted by molar-refractivity contribution is 0.0823. The average molecular weight is 345 g/mol. The molecule has 2 aliphatic carbocycles. The summed E-state index contributed by atoms with van der Waals surface area (Å²) in [6.07, 6.45) is 11.4. The number of likely N-dealkylation sites (tertiary alicyclic amines) is 1. The fraction of sp³-hybridized carbons (Fsp3) is 0.800. The second-order valence-corrected chi connectivity index (χ2v) is 8.43. The van der Waals surface area contributed by atoms with Gasteiger partial charge in [-0.15, -0.1) is 0 Å². The lowest BCUT2D eigenvalue weighted by Crippen LogP contribution is -2.50. The first-order valence-corrected chi connectivity index (χ1v) is 10.2. The Morgan fingerprint density at radius 3 is 2.76 bits per heavy atom. The van der Waals surface area contributed by atoms with Crippen molar-refractivity contribution in [1.29, 1.82) is 0 Å². The molecular weight excluding hydrogens is 314 g/mol. The van der Waals surface area contributed by atoms with E-state index < -0.39 is 0 Å². The molecule has 1 N–H and O–H groups in total. The monoisotopic (exact) mass is 345 g/mol. The summed E-state index contributed by atoms with van der Waals surface area (Å²) in [5, 5.41) is 7.13. The maximum absolute atomic E-state index is 12.4. The molecule has 0 radical (unpaired) electrons. The average Bonchev–Trinajstić information content (AvgIpc) is 3.35. The van der Waals surface area contributed by atoms with Crippen LogP contribution >= 0.6 is 0 Å². The molecule has 2 heterocycles. The molecule has 2 unspecified atom stereocenters. The standard InChI is InChI=1S/C20H31N3O2/c1-14-11-17(9-10-23(14)13-15-5-3-2-4-6-15)21-20(24)18-12-19(25-22-18)16-7-8-16/h12,14-17H,2-11,13H2,1H3,(H,21,24). The number of carbonyl (C=O) groups excluding carboxylic acids is 1. The van der Waals surface area contributed by atoms with Crippen LogP contribution in [0, 0.1) is 5.92 Å². The highest BCUT2D eigenvalue weighted by Gasteiger charge is 2.31. The van der Waals surface area contributed by atoms with Crippen LogP contribution < -0.4 is 5.32 Å². The Morgan fingerprint density at radius 1 is 1.24 bits per heavy atom. The molecule has 0 aromatic carbocycles. The third kappa shape index (κ3) is 4.25. The topological polar surface area (TPSA) is 58.4 Å². The molecule has 1 aromatic rings. The van der Waals surface area contributed by atoms with E-state index in [1.807, 2.05) is 6.07 Å². The minimum absolute atomic E-state index is 0.0754. The van der Waals surface area contributed by atoms with Crippen molar-refractivity contribution in [3.05, 3.63) is 17.5 Å². The van der Waals surface area contributed by atoms with Gasteiger partial charge in [0, 0.05) is 37.2 Å². The van der Waals surface area contributed by atoms with Crippen molar-refractivity contribution in [2.45, 2.75) is 82.7 Å². The van der Waals surface area contributed by atoms with Gasteiger partial charge in [0.15, 0.2) is 5.69 Å². The molecule has 3 fully saturated rings. The molecular formula is C20H31N3O2. The Morgan fingerprint density at radius 2 is 2.04 bits per heavy atom. The Hall–Kier alpha value is -1.36. The lowest BCUT2D eigenvalue weighted by Gasteiger charge is -2.40. The molecule has 1 amide bonds. The summed E-state index contributed by atoms with van der Waals surface area (Å²) in [6, 6.07) is 2.63. The summed E-state index contributed by atoms with van der Waals surface area (Å²) in [7, 11) is 0. The SMILES string of the molecule is CC1CC(NC(=O)c2cc(C3CC3)on2)CCN1CC1CCCCC1. The van der Waals surface area contributed by atoms with E-state index in [2.05, 4.69) is 22.3 Å². The zero-order valence-corrected chi connectivity index (χ0v) is 15.4. The molecule has 4 rings (SSSR count). The van der Waals surface area contributed by atoms with Crippen molar-refractivity contribution in [1.82, 2.24) is 15.4 Å². The van der Waals surface area contributed by atoms with Crippen LogP contribution in [-0.4, -0.2) is 41.1 Å². The number of carbonyl (C=O) groups is 1. The molecule has 2 saturated carbocycles. The first-order valence-electron chi connectivity index (χ1n) is 10.2. The zero-order valence-electron chi connectivity index (χ0n) is 15.4. The van der Waals surface area contributed by atoms with Gasteiger partial charge in [0.05, 0.1) is 0 Å². The molecule has 1 aromatic heterocycles. The molecule has 1 saturated heterocycles. The fourth-order valence-corrected chi connectivity index (χ4v) is 4.54. The molecule has 5 heteroatoms. The highest BCUT2D eigenvalue weighted by atomic mass is 16.5. The summed E-state index contributed by atoms with van der Waals surface area (Å²) >= 11 is 0. The molecule has 5 nitrogen and oxygen atoms in total. The zero-order chi connectivity index (χ0) is 17.2. The molecule has 0 spiro atoms. The number of hydrogen-bond donors (Lipinski definition) is 1. The normalized spacial score (nSPS) is 28.8. The summed E-state index contributed by atoms with van der Waals surface area (Å²) in [6.45, 7) is 4.65.